The lowest BCUT2D eigenvalue weighted by atomic mass is 9.63. The number of carbonyl (C=O) groups excluding carboxylic acids is 1. The summed E-state index contributed by atoms with van der Waals surface area (Å²) in [6, 6.07) is 6.36. The highest BCUT2D eigenvalue weighted by atomic mass is 16.1. The molecule has 1 amide bonds. The van der Waals surface area contributed by atoms with Crippen molar-refractivity contribution in [2.45, 2.75) is 66.1 Å². The molecule has 1 aromatic carbocycles. The lowest BCUT2D eigenvalue weighted by molar-refractivity contribution is 0.0713. The molecule has 1 aliphatic carbocycles. The van der Waals surface area contributed by atoms with E-state index in [1.54, 1.807) is 0 Å². The standard InChI is InChI=1S/C19H28N2O/c1-18(2)8-16(9-19(3,4)12-18)21-17(22)13-5-6-14-10-20-11-15(14)7-13/h5-7,16,20H,8-12H2,1-4H3,(H,21,22). The molecule has 3 nitrogen and oxygen atoms in total. The summed E-state index contributed by atoms with van der Waals surface area (Å²) < 4.78 is 0. The van der Waals surface area contributed by atoms with Gasteiger partial charge in [0.2, 0.25) is 0 Å². The van der Waals surface area contributed by atoms with E-state index in [1.165, 1.54) is 17.5 Å². The maximum absolute atomic E-state index is 12.6. The van der Waals surface area contributed by atoms with Crippen LogP contribution >= 0.6 is 0 Å². The minimum Gasteiger partial charge on any atom is -0.349 e. The van der Waals surface area contributed by atoms with Gasteiger partial charge in [0.25, 0.3) is 5.91 Å². The first-order chi connectivity index (χ1) is 10.2. The first-order valence-corrected chi connectivity index (χ1v) is 8.38. The zero-order valence-electron chi connectivity index (χ0n) is 14.3. The third-order valence-electron chi connectivity index (χ3n) is 4.99. The van der Waals surface area contributed by atoms with Crippen LogP contribution in [-0.4, -0.2) is 11.9 Å². The molecule has 0 atom stereocenters. The molecule has 2 N–H and O–H groups in total. The van der Waals surface area contributed by atoms with E-state index >= 15 is 0 Å². The first kappa shape index (κ1) is 15.5. The van der Waals surface area contributed by atoms with Crippen molar-refractivity contribution in [1.29, 1.82) is 0 Å². The Morgan fingerprint density at radius 3 is 2.41 bits per heavy atom. The Labute approximate surface area is 133 Å². The fraction of sp³-hybridized carbons (Fsp3) is 0.632. The van der Waals surface area contributed by atoms with Crippen molar-refractivity contribution in [1.82, 2.24) is 10.6 Å². The largest absolute Gasteiger partial charge is 0.349 e. The number of benzene rings is 1. The Morgan fingerprint density at radius 1 is 1.09 bits per heavy atom. The van der Waals surface area contributed by atoms with E-state index in [0.29, 0.717) is 10.8 Å². The van der Waals surface area contributed by atoms with Gasteiger partial charge in [-0.3, -0.25) is 4.79 Å². The van der Waals surface area contributed by atoms with Gasteiger partial charge in [-0.2, -0.15) is 0 Å². The highest BCUT2D eigenvalue weighted by Crippen LogP contribution is 2.45. The average Bonchev–Trinajstić information content (AvgIpc) is 2.81. The van der Waals surface area contributed by atoms with Crippen molar-refractivity contribution in [3.63, 3.8) is 0 Å². The molecule has 0 aromatic heterocycles. The van der Waals surface area contributed by atoms with Crippen molar-refractivity contribution in [2.75, 3.05) is 0 Å². The molecular weight excluding hydrogens is 272 g/mol. The first-order valence-electron chi connectivity index (χ1n) is 8.38. The fourth-order valence-corrected chi connectivity index (χ4v) is 4.65. The number of hydrogen-bond acceptors (Lipinski definition) is 2. The molecule has 0 bridgehead atoms. The van der Waals surface area contributed by atoms with Gasteiger partial charge >= 0.3 is 0 Å². The maximum atomic E-state index is 12.6. The van der Waals surface area contributed by atoms with Crippen molar-refractivity contribution >= 4 is 5.91 Å². The molecule has 120 valence electrons. The highest BCUT2D eigenvalue weighted by Gasteiger charge is 2.38. The zero-order valence-corrected chi connectivity index (χ0v) is 14.3. The summed E-state index contributed by atoms with van der Waals surface area (Å²) in [4.78, 5) is 12.6. The van der Waals surface area contributed by atoms with E-state index in [-0.39, 0.29) is 11.9 Å². The predicted molar refractivity (Wildman–Crippen MR) is 89.7 cm³/mol. The molecule has 0 saturated heterocycles. The van der Waals surface area contributed by atoms with Crippen molar-refractivity contribution in [3.05, 3.63) is 34.9 Å². The second kappa shape index (κ2) is 5.38. The van der Waals surface area contributed by atoms with Gasteiger partial charge in [0, 0.05) is 24.7 Å². The van der Waals surface area contributed by atoms with Crippen LogP contribution in [0.1, 0.15) is 68.4 Å². The third kappa shape index (κ3) is 3.35. The molecule has 22 heavy (non-hydrogen) atoms. The Morgan fingerprint density at radius 2 is 1.73 bits per heavy atom. The van der Waals surface area contributed by atoms with Gasteiger partial charge in [0.15, 0.2) is 0 Å². The SMILES string of the molecule is CC1(C)CC(NC(=O)c2ccc3c(c2)CNC3)CC(C)(C)C1. The molecule has 0 unspecified atom stereocenters. The van der Waals surface area contributed by atoms with Crippen LogP contribution in [0.15, 0.2) is 18.2 Å². The number of fused-ring (bicyclic) bond motifs is 1. The smallest absolute Gasteiger partial charge is 0.251 e. The molecule has 0 spiro atoms. The van der Waals surface area contributed by atoms with Crippen LogP contribution in [0.2, 0.25) is 0 Å². The van der Waals surface area contributed by atoms with E-state index in [4.69, 9.17) is 0 Å². The molecule has 1 fully saturated rings. The second-order valence-electron chi connectivity index (χ2n) is 8.67. The fourth-order valence-electron chi connectivity index (χ4n) is 4.65. The second-order valence-corrected chi connectivity index (χ2v) is 8.67. The molecule has 1 heterocycles. The summed E-state index contributed by atoms with van der Waals surface area (Å²) in [5, 5.41) is 6.60. The molecule has 1 aliphatic heterocycles. The molecule has 1 aromatic rings. The van der Waals surface area contributed by atoms with Crippen molar-refractivity contribution in [2.24, 2.45) is 10.8 Å². The Hall–Kier alpha value is -1.35. The zero-order chi connectivity index (χ0) is 16.0. The summed E-state index contributed by atoms with van der Waals surface area (Å²) in [5.41, 5.74) is 3.96. The monoisotopic (exact) mass is 300 g/mol. The van der Waals surface area contributed by atoms with Gasteiger partial charge in [-0.25, -0.2) is 0 Å². The summed E-state index contributed by atoms with van der Waals surface area (Å²) in [6.45, 7) is 11.0. The summed E-state index contributed by atoms with van der Waals surface area (Å²) in [6.07, 6.45) is 3.35. The molecule has 1 saturated carbocycles. The number of carbonyl (C=O) groups is 1. The van der Waals surface area contributed by atoms with Crippen LogP contribution in [0, 0.1) is 10.8 Å². The third-order valence-corrected chi connectivity index (χ3v) is 4.99. The van der Waals surface area contributed by atoms with E-state index in [0.717, 1.165) is 31.5 Å². The van der Waals surface area contributed by atoms with Crippen LogP contribution in [0.4, 0.5) is 0 Å². The van der Waals surface area contributed by atoms with E-state index < -0.39 is 0 Å². The van der Waals surface area contributed by atoms with Gasteiger partial charge in [-0.15, -0.1) is 0 Å². The van der Waals surface area contributed by atoms with Crippen LogP contribution in [-0.2, 0) is 13.1 Å². The minimum atomic E-state index is 0.0770. The predicted octanol–water partition coefficient (Wildman–Crippen LogP) is 3.62. The van der Waals surface area contributed by atoms with Gasteiger partial charge in [0.05, 0.1) is 0 Å². The van der Waals surface area contributed by atoms with Gasteiger partial charge in [-0.1, -0.05) is 33.8 Å². The van der Waals surface area contributed by atoms with Gasteiger partial charge in [0.1, 0.15) is 0 Å². The Bertz CT molecular complexity index is 573. The van der Waals surface area contributed by atoms with Crippen LogP contribution in [0.25, 0.3) is 0 Å². The average molecular weight is 300 g/mol. The minimum absolute atomic E-state index is 0.0770. The molecule has 3 rings (SSSR count). The van der Waals surface area contributed by atoms with Crippen LogP contribution in [0.5, 0.6) is 0 Å². The number of amides is 1. The van der Waals surface area contributed by atoms with E-state index in [1.807, 2.05) is 12.1 Å². The lowest BCUT2D eigenvalue weighted by Gasteiger charge is -2.45. The number of nitrogens with one attached hydrogen (secondary N) is 2. The summed E-state index contributed by atoms with van der Waals surface area (Å²) in [5.74, 6) is 0.0770. The van der Waals surface area contributed by atoms with Gasteiger partial charge in [-0.05, 0) is 53.4 Å². The highest BCUT2D eigenvalue weighted by molar-refractivity contribution is 5.94. The summed E-state index contributed by atoms with van der Waals surface area (Å²) >= 11 is 0. The Kier molecular flexibility index (Phi) is 3.80. The molecule has 3 heteroatoms. The van der Waals surface area contributed by atoms with Gasteiger partial charge < -0.3 is 10.6 Å². The molecular formula is C19H28N2O. The lowest BCUT2D eigenvalue weighted by Crippen LogP contribution is -2.46. The van der Waals surface area contributed by atoms with Crippen LogP contribution < -0.4 is 10.6 Å². The molecule has 2 aliphatic rings. The maximum Gasteiger partial charge on any atom is 0.251 e. The summed E-state index contributed by atoms with van der Waals surface area (Å²) in [7, 11) is 0. The number of hydrogen-bond donors (Lipinski definition) is 2. The normalized spacial score (nSPS) is 23.1. The van der Waals surface area contributed by atoms with E-state index in [9.17, 15) is 4.79 Å². The Balaban J connectivity index is 1.71. The number of rotatable bonds is 2. The van der Waals surface area contributed by atoms with Crippen molar-refractivity contribution < 1.29 is 4.79 Å². The van der Waals surface area contributed by atoms with Crippen molar-refractivity contribution in [3.8, 4) is 0 Å². The van der Waals surface area contributed by atoms with E-state index in [2.05, 4.69) is 44.4 Å². The van der Waals surface area contributed by atoms with Crippen LogP contribution in [0.3, 0.4) is 0 Å². The molecule has 0 radical (unpaired) electrons. The quantitative estimate of drug-likeness (QED) is 0.876. The topological polar surface area (TPSA) is 41.1 Å².